The van der Waals surface area contributed by atoms with Crippen LogP contribution in [0.2, 0.25) is 0 Å². The third kappa shape index (κ3) is 4.59. The van der Waals surface area contributed by atoms with Crippen LogP contribution in [0.25, 0.3) is 21.5 Å². The fraction of sp³-hybridized carbons (Fsp3) is 0.333. The van der Waals surface area contributed by atoms with Gasteiger partial charge in [-0.3, -0.25) is 0 Å². The lowest BCUT2D eigenvalue weighted by atomic mass is 9.95. The molecule has 0 amide bonds. The van der Waals surface area contributed by atoms with E-state index in [9.17, 15) is 0 Å². The molecule has 33 heavy (non-hydrogen) atoms. The molecule has 170 valence electrons. The minimum absolute atomic E-state index is 0.144. The predicted molar refractivity (Wildman–Crippen MR) is 139 cm³/mol. The van der Waals surface area contributed by atoms with Crippen LogP contribution in [0.15, 0.2) is 54.7 Å². The van der Waals surface area contributed by atoms with Gasteiger partial charge >= 0.3 is 0 Å². The Labute approximate surface area is 199 Å². The van der Waals surface area contributed by atoms with Gasteiger partial charge in [-0.1, -0.05) is 30.3 Å². The topological polar surface area (TPSA) is 54.2 Å². The van der Waals surface area contributed by atoms with Crippen molar-refractivity contribution in [1.82, 2.24) is 19.9 Å². The normalized spacial score (nSPS) is 14.9. The van der Waals surface area contributed by atoms with E-state index in [1.54, 1.807) is 0 Å². The minimum atomic E-state index is 0.144. The largest absolute Gasteiger partial charge is 0.361 e. The van der Waals surface area contributed by atoms with E-state index in [1.807, 2.05) is 29.8 Å². The van der Waals surface area contributed by atoms with Crippen LogP contribution < -0.4 is 10.6 Å². The van der Waals surface area contributed by atoms with E-state index in [2.05, 4.69) is 77.4 Å². The van der Waals surface area contributed by atoms with Crippen LogP contribution in [0, 0.1) is 6.92 Å². The van der Waals surface area contributed by atoms with E-state index >= 15 is 0 Å². The molecule has 1 aliphatic carbocycles. The SMILES string of the molecule is CNCc1ccccc1-c1ccc(C(C)Nc2nc(C)nn3cc(C4=CCCCC4)cc23)s1. The van der Waals surface area contributed by atoms with Gasteiger partial charge in [0.1, 0.15) is 11.3 Å². The number of nitrogens with one attached hydrogen (secondary N) is 2. The number of rotatable bonds is 7. The van der Waals surface area contributed by atoms with Crippen molar-refractivity contribution in [3.8, 4) is 10.4 Å². The monoisotopic (exact) mass is 457 g/mol. The Bertz CT molecular complexity index is 1300. The molecule has 3 heterocycles. The maximum Gasteiger partial charge on any atom is 0.154 e. The first-order chi connectivity index (χ1) is 16.1. The molecule has 0 saturated heterocycles. The molecule has 1 unspecified atom stereocenters. The zero-order valence-electron chi connectivity index (χ0n) is 19.6. The summed E-state index contributed by atoms with van der Waals surface area (Å²) in [6, 6.07) is 15.5. The summed E-state index contributed by atoms with van der Waals surface area (Å²) in [5.41, 5.74) is 6.36. The molecule has 1 aromatic carbocycles. The summed E-state index contributed by atoms with van der Waals surface area (Å²) in [6.07, 6.45) is 9.42. The molecule has 3 aromatic heterocycles. The first kappa shape index (κ1) is 21.9. The number of benzene rings is 1. The van der Waals surface area contributed by atoms with Crippen molar-refractivity contribution in [3.63, 3.8) is 0 Å². The molecule has 2 N–H and O–H groups in total. The Balaban J connectivity index is 1.42. The molecule has 0 bridgehead atoms. The van der Waals surface area contributed by atoms with Crippen molar-refractivity contribution in [2.45, 2.75) is 52.1 Å². The smallest absolute Gasteiger partial charge is 0.154 e. The zero-order valence-corrected chi connectivity index (χ0v) is 20.4. The van der Waals surface area contributed by atoms with E-state index in [1.165, 1.54) is 51.3 Å². The third-order valence-electron chi connectivity index (χ3n) is 6.29. The van der Waals surface area contributed by atoms with E-state index < -0.39 is 0 Å². The van der Waals surface area contributed by atoms with Crippen LogP contribution >= 0.6 is 11.3 Å². The van der Waals surface area contributed by atoms with Gasteiger partial charge in [0.2, 0.25) is 0 Å². The van der Waals surface area contributed by atoms with Crippen molar-refractivity contribution < 1.29 is 0 Å². The van der Waals surface area contributed by atoms with Gasteiger partial charge in [0.15, 0.2) is 5.82 Å². The predicted octanol–water partition coefficient (Wildman–Crippen LogP) is 6.62. The highest BCUT2D eigenvalue weighted by Crippen LogP contribution is 2.35. The quantitative estimate of drug-likeness (QED) is 0.328. The van der Waals surface area contributed by atoms with Gasteiger partial charge in [-0.2, -0.15) is 5.10 Å². The molecule has 0 aliphatic heterocycles. The van der Waals surface area contributed by atoms with Crippen molar-refractivity contribution in [2.24, 2.45) is 0 Å². The molecular weight excluding hydrogens is 426 g/mol. The van der Waals surface area contributed by atoms with E-state index in [0.29, 0.717) is 0 Å². The number of hydrogen-bond acceptors (Lipinski definition) is 5. The molecule has 0 spiro atoms. The molecule has 0 radical (unpaired) electrons. The second kappa shape index (κ2) is 9.49. The fourth-order valence-corrected chi connectivity index (χ4v) is 5.67. The number of aromatic nitrogens is 3. The van der Waals surface area contributed by atoms with Crippen molar-refractivity contribution in [3.05, 3.63) is 76.6 Å². The van der Waals surface area contributed by atoms with Gasteiger partial charge < -0.3 is 10.6 Å². The maximum absolute atomic E-state index is 4.76. The van der Waals surface area contributed by atoms with Crippen LogP contribution in [0.4, 0.5) is 5.82 Å². The number of allylic oxidation sites excluding steroid dienone is 2. The second-order valence-electron chi connectivity index (χ2n) is 8.80. The highest BCUT2D eigenvalue weighted by atomic mass is 32.1. The van der Waals surface area contributed by atoms with Gasteiger partial charge in [0.25, 0.3) is 0 Å². The summed E-state index contributed by atoms with van der Waals surface area (Å²) in [4.78, 5) is 7.35. The lowest BCUT2D eigenvalue weighted by molar-refractivity contribution is 0.741. The summed E-state index contributed by atoms with van der Waals surface area (Å²) >= 11 is 1.84. The van der Waals surface area contributed by atoms with Crippen LogP contribution in [0.5, 0.6) is 0 Å². The Morgan fingerprint density at radius 2 is 2.03 bits per heavy atom. The molecule has 6 heteroatoms. The van der Waals surface area contributed by atoms with Gasteiger partial charge in [-0.15, -0.1) is 11.3 Å². The van der Waals surface area contributed by atoms with Crippen LogP contribution in [-0.2, 0) is 6.54 Å². The number of fused-ring (bicyclic) bond motifs is 1. The molecule has 1 atom stereocenters. The summed E-state index contributed by atoms with van der Waals surface area (Å²) < 4.78 is 1.98. The molecule has 4 aromatic rings. The Morgan fingerprint density at radius 1 is 1.15 bits per heavy atom. The highest BCUT2D eigenvalue weighted by molar-refractivity contribution is 7.15. The molecule has 5 nitrogen and oxygen atoms in total. The fourth-order valence-electron chi connectivity index (χ4n) is 4.60. The Morgan fingerprint density at radius 3 is 2.85 bits per heavy atom. The number of hydrogen-bond donors (Lipinski definition) is 2. The van der Waals surface area contributed by atoms with Crippen molar-refractivity contribution in [2.75, 3.05) is 12.4 Å². The lowest BCUT2D eigenvalue weighted by Crippen LogP contribution is -2.10. The van der Waals surface area contributed by atoms with Gasteiger partial charge in [-0.05, 0) is 87.0 Å². The first-order valence-electron chi connectivity index (χ1n) is 11.8. The number of aryl methyl sites for hydroxylation is 1. The van der Waals surface area contributed by atoms with Crippen molar-refractivity contribution in [1.29, 1.82) is 0 Å². The van der Waals surface area contributed by atoms with Crippen molar-refractivity contribution >= 4 is 28.2 Å². The average Bonchev–Trinajstić information content (AvgIpc) is 3.48. The molecule has 0 saturated carbocycles. The third-order valence-corrected chi connectivity index (χ3v) is 7.59. The van der Waals surface area contributed by atoms with Gasteiger partial charge in [-0.25, -0.2) is 9.50 Å². The number of nitrogens with zero attached hydrogens (tertiary/aromatic N) is 3. The highest BCUT2D eigenvalue weighted by Gasteiger charge is 2.17. The standard InChI is InChI=1S/C27H31N5S/c1-18(25-13-14-26(33-25)23-12-8-7-11-21(23)16-28-3)29-27-24-15-22(20-9-5-4-6-10-20)17-32(24)31-19(2)30-27/h7-9,11-15,17-18,28H,4-6,10,16H2,1-3H3,(H,29,30,31). The first-order valence-corrected chi connectivity index (χ1v) is 12.6. The zero-order chi connectivity index (χ0) is 22.8. The maximum atomic E-state index is 4.76. The summed E-state index contributed by atoms with van der Waals surface area (Å²) in [7, 11) is 1.99. The number of thiophene rings is 1. The Hall–Kier alpha value is -2.96. The lowest BCUT2D eigenvalue weighted by Gasteiger charge is -2.14. The molecule has 1 aliphatic rings. The summed E-state index contributed by atoms with van der Waals surface area (Å²) in [5, 5.41) is 11.6. The Kier molecular flexibility index (Phi) is 6.29. The summed E-state index contributed by atoms with van der Waals surface area (Å²) in [5.74, 6) is 1.66. The van der Waals surface area contributed by atoms with Crippen LogP contribution in [0.1, 0.15) is 60.5 Å². The minimum Gasteiger partial charge on any atom is -0.361 e. The van der Waals surface area contributed by atoms with Gasteiger partial charge in [0, 0.05) is 22.5 Å². The van der Waals surface area contributed by atoms with E-state index in [4.69, 9.17) is 4.98 Å². The molecule has 0 fully saturated rings. The molecular formula is C27H31N5S. The average molecular weight is 458 g/mol. The van der Waals surface area contributed by atoms with Gasteiger partial charge in [0.05, 0.1) is 6.04 Å². The number of anilines is 1. The summed E-state index contributed by atoms with van der Waals surface area (Å²) in [6.45, 7) is 5.02. The van der Waals surface area contributed by atoms with E-state index in [0.717, 1.165) is 30.1 Å². The van der Waals surface area contributed by atoms with Crippen LogP contribution in [-0.4, -0.2) is 21.6 Å². The van der Waals surface area contributed by atoms with E-state index in [-0.39, 0.29) is 6.04 Å². The second-order valence-corrected chi connectivity index (χ2v) is 9.91. The van der Waals surface area contributed by atoms with Crippen LogP contribution in [0.3, 0.4) is 0 Å². The molecule has 5 rings (SSSR count).